The molecular weight excluding hydrogens is 368 g/mol. The molecule has 1 aliphatic carbocycles. The first-order chi connectivity index (χ1) is 13.0. The number of rotatable bonds is 4. The van der Waals surface area contributed by atoms with Gasteiger partial charge in [-0.15, -0.1) is 0 Å². The molecule has 2 heterocycles. The molecule has 4 rings (SSSR count). The number of aliphatic hydroxyl groups excluding tert-OH is 1. The predicted octanol–water partition coefficient (Wildman–Crippen LogP) is 2.10. The first-order valence-corrected chi connectivity index (χ1v) is 9.62. The minimum absolute atomic E-state index is 0.0923. The van der Waals surface area contributed by atoms with Crippen LogP contribution in [0.5, 0.6) is 0 Å². The number of hydrogen-bond acceptors (Lipinski definition) is 6. The molecule has 2 fully saturated rings. The van der Waals surface area contributed by atoms with Gasteiger partial charge in [-0.05, 0) is 36.8 Å². The van der Waals surface area contributed by atoms with Crippen molar-refractivity contribution in [3.8, 4) is 11.4 Å². The van der Waals surface area contributed by atoms with Crippen LogP contribution < -0.4 is 5.32 Å². The Morgan fingerprint density at radius 1 is 1.33 bits per heavy atom. The third-order valence-electron chi connectivity index (χ3n) is 5.55. The molecular formula is C19H23ClN4O3. The summed E-state index contributed by atoms with van der Waals surface area (Å²) in [4.78, 5) is 18.1. The summed E-state index contributed by atoms with van der Waals surface area (Å²) in [5.74, 6) is 1.84. The summed E-state index contributed by atoms with van der Waals surface area (Å²) in [6.07, 6.45) is 1.03. The number of halogens is 1. The van der Waals surface area contributed by atoms with Crippen molar-refractivity contribution in [3.63, 3.8) is 0 Å². The number of aromatic nitrogens is 2. The smallest absolute Gasteiger partial charge is 0.241 e. The Hall–Kier alpha value is -1.96. The molecule has 1 aromatic carbocycles. The standard InChI is InChI=1S/C19H23ClN4O3/c1-11(25)21-16-6-12-8-24(9-13(12)7-17(16)26)10-18-22-19(23-27-18)14-4-2-3-5-15(14)20/h2-5,12-13,16-17,26H,6-10H2,1H3,(H,21,25)/t12-,13+,16-,17-/m1/s1. The topological polar surface area (TPSA) is 91.5 Å². The van der Waals surface area contributed by atoms with Crippen molar-refractivity contribution in [2.45, 2.75) is 38.5 Å². The Bertz CT molecular complexity index is 827. The Kier molecular flexibility index (Phi) is 5.16. The molecule has 1 aromatic heterocycles. The molecule has 4 atom stereocenters. The van der Waals surface area contributed by atoms with E-state index >= 15 is 0 Å². The van der Waals surface area contributed by atoms with Crippen molar-refractivity contribution in [3.05, 3.63) is 35.2 Å². The zero-order valence-corrected chi connectivity index (χ0v) is 15.9. The van der Waals surface area contributed by atoms with Gasteiger partial charge >= 0.3 is 0 Å². The zero-order chi connectivity index (χ0) is 19.0. The van der Waals surface area contributed by atoms with E-state index in [-0.39, 0.29) is 11.9 Å². The van der Waals surface area contributed by atoms with Gasteiger partial charge in [-0.3, -0.25) is 9.69 Å². The van der Waals surface area contributed by atoms with Gasteiger partial charge in [0.2, 0.25) is 17.6 Å². The molecule has 0 bridgehead atoms. The minimum atomic E-state index is -0.481. The monoisotopic (exact) mass is 390 g/mol. The number of nitrogens with one attached hydrogen (secondary N) is 1. The van der Waals surface area contributed by atoms with E-state index in [9.17, 15) is 9.90 Å². The summed E-state index contributed by atoms with van der Waals surface area (Å²) >= 11 is 6.20. The van der Waals surface area contributed by atoms with Gasteiger partial charge in [0.25, 0.3) is 0 Å². The number of benzene rings is 1. The average molecular weight is 391 g/mol. The van der Waals surface area contributed by atoms with E-state index in [1.165, 1.54) is 6.92 Å². The van der Waals surface area contributed by atoms with Gasteiger partial charge in [-0.2, -0.15) is 4.98 Å². The van der Waals surface area contributed by atoms with E-state index in [4.69, 9.17) is 16.1 Å². The second-order valence-electron chi connectivity index (χ2n) is 7.55. The van der Waals surface area contributed by atoms with Crippen molar-refractivity contribution in [1.29, 1.82) is 0 Å². The summed E-state index contributed by atoms with van der Waals surface area (Å²) < 4.78 is 5.42. The van der Waals surface area contributed by atoms with Gasteiger partial charge in [-0.25, -0.2) is 0 Å². The zero-order valence-electron chi connectivity index (χ0n) is 15.1. The molecule has 2 N–H and O–H groups in total. The predicted molar refractivity (Wildman–Crippen MR) is 99.8 cm³/mol. The number of nitrogens with zero attached hydrogens (tertiary/aromatic N) is 3. The lowest BCUT2D eigenvalue weighted by atomic mass is 9.77. The van der Waals surface area contributed by atoms with Crippen LogP contribution in [0.15, 0.2) is 28.8 Å². The maximum absolute atomic E-state index is 11.3. The molecule has 0 unspecified atom stereocenters. The van der Waals surface area contributed by atoms with Gasteiger partial charge in [0, 0.05) is 25.6 Å². The highest BCUT2D eigenvalue weighted by atomic mass is 35.5. The van der Waals surface area contributed by atoms with Gasteiger partial charge in [0.05, 0.1) is 23.7 Å². The quantitative estimate of drug-likeness (QED) is 0.830. The highest BCUT2D eigenvalue weighted by Crippen LogP contribution is 2.37. The van der Waals surface area contributed by atoms with Crippen LogP contribution in [-0.2, 0) is 11.3 Å². The lowest BCUT2D eigenvalue weighted by molar-refractivity contribution is -0.121. The fourth-order valence-corrected chi connectivity index (χ4v) is 4.56. The average Bonchev–Trinajstić information content (AvgIpc) is 3.22. The number of amides is 1. The number of hydrogen-bond donors (Lipinski definition) is 2. The van der Waals surface area contributed by atoms with Crippen LogP contribution in [0, 0.1) is 11.8 Å². The Balaban J connectivity index is 1.39. The summed E-state index contributed by atoms with van der Waals surface area (Å²) in [7, 11) is 0. The molecule has 1 amide bonds. The van der Waals surface area contributed by atoms with Gasteiger partial charge in [0.15, 0.2) is 0 Å². The van der Waals surface area contributed by atoms with Gasteiger partial charge in [0.1, 0.15) is 0 Å². The van der Waals surface area contributed by atoms with Gasteiger partial charge in [-0.1, -0.05) is 28.9 Å². The maximum Gasteiger partial charge on any atom is 0.241 e. The lowest BCUT2D eigenvalue weighted by Crippen LogP contribution is -2.48. The van der Waals surface area contributed by atoms with Crippen molar-refractivity contribution < 1.29 is 14.4 Å². The normalized spacial score (nSPS) is 28.1. The Morgan fingerprint density at radius 2 is 2.07 bits per heavy atom. The van der Waals surface area contributed by atoms with E-state index in [0.717, 1.165) is 25.1 Å². The van der Waals surface area contributed by atoms with E-state index in [1.54, 1.807) is 6.07 Å². The number of carbonyl (C=O) groups is 1. The number of likely N-dealkylation sites (tertiary alicyclic amines) is 1. The largest absolute Gasteiger partial charge is 0.391 e. The van der Waals surface area contributed by atoms with Crippen LogP contribution in [0.2, 0.25) is 5.02 Å². The van der Waals surface area contributed by atoms with Crippen LogP contribution >= 0.6 is 11.6 Å². The first-order valence-electron chi connectivity index (χ1n) is 9.24. The molecule has 0 radical (unpaired) electrons. The number of fused-ring (bicyclic) bond motifs is 1. The minimum Gasteiger partial charge on any atom is -0.391 e. The van der Waals surface area contributed by atoms with Crippen LogP contribution in [0.3, 0.4) is 0 Å². The van der Waals surface area contributed by atoms with Crippen LogP contribution in [-0.4, -0.2) is 51.3 Å². The summed E-state index contributed by atoms with van der Waals surface area (Å²) in [6.45, 7) is 3.85. The highest BCUT2D eigenvalue weighted by molar-refractivity contribution is 6.33. The second kappa shape index (κ2) is 7.58. The molecule has 1 saturated heterocycles. The van der Waals surface area contributed by atoms with Crippen LogP contribution in [0.1, 0.15) is 25.7 Å². The van der Waals surface area contributed by atoms with Crippen molar-refractivity contribution in [2.75, 3.05) is 13.1 Å². The van der Waals surface area contributed by atoms with Crippen LogP contribution in [0.4, 0.5) is 0 Å². The van der Waals surface area contributed by atoms with Crippen molar-refractivity contribution in [1.82, 2.24) is 20.4 Å². The molecule has 8 heteroatoms. The maximum atomic E-state index is 11.3. The van der Waals surface area contributed by atoms with E-state index in [2.05, 4.69) is 20.4 Å². The number of carbonyl (C=O) groups excluding carboxylic acids is 1. The molecule has 27 heavy (non-hydrogen) atoms. The van der Waals surface area contributed by atoms with E-state index in [0.29, 0.717) is 41.5 Å². The fourth-order valence-electron chi connectivity index (χ4n) is 4.34. The highest BCUT2D eigenvalue weighted by Gasteiger charge is 2.42. The lowest BCUT2D eigenvalue weighted by Gasteiger charge is -2.35. The fraction of sp³-hybridized carbons (Fsp3) is 0.526. The molecule has 7 nitrogen and oxygen atoms in total. The van der Waals surface area contributed by atoms with Crippen molar-refractivity contribution >= 4 is 17.5 Å². The Labute approximate surface area is 162 Å². The van der Waals surface area contributed by atoms with Crippen molar-refractivity contribution in [2.24, 2.45) is 11.8 Å². The molecule has 1 saturated carbocycles. The second-order valence-corrected chi connectivity index (χ2v) is 7.96. The SMILES string of the molecule is CC(=O)N[C@@H]1C[C@@H]2CN(Cc3nc(-c4ccccc4Cl)no3)C[C@@H]2C[C@H]1O. The third kappa shape index (κ3) is 4.00. The van der Waals surface area contributed by atoms with Gasteiger partial charge < -0.3 is 14.9 Å². The molecule has 0 spiro atoms. The molecule has 2 aromatic rings. The molecule has 1 aliphatic heterocycles. The molecule has 144 valence electrons. The summed E-state index contributed by atoms with van der Waals surface area (Å²) in [5.41, 5.74) is 0.755. The van der Waals surface area contributed by atoms with E-state index < -0.39 is 6.10 Å². The summed E-state index contributed by atoms with van der Waals surface area (Å²) in [6, 6.07) is 7.26. The van der Waals surface area contributed by atoms with E-state index in [1.807, 2.05) is 18.2 Å². The number of aliphatic hydroxyl groups is 1. The summed E-state index contributed by atoms with van der Waals surface area (Å²) in [5, 5.41) is 17.8. The Morgan fingerprint density at radius 3 is 2.81 bits per heavy atom. The third-order valence-corrected chi connectivity index (χ3v) is 5.88. The molecule has 2 aliphatic rings. The first kappa shape index (κ1) is 18.4. The van der Waals surface area contributed by atoms with Crippen LogP contribution in [0.25, 0.3) is 11.4 Å².